The molecule has 0 radical (unpaired) electrons. The van der Waals surface area contributed by atoms with Crippen molar-refractivity contribution in [2.24, 2.45) is 5.92 Å². The van der Waals surface area contributed by atoms with Crippen LogP contribution in [0.5, 0.6) is 0 Å². The first kappa shape index (κ1) is 13.8. The van der Waals surface area contributed by atoms with Gasteiger partial charge in [0.15, 0.2) is 0 Å². The molecule has 0 spiro atoms. The van der Waals surface area contributed by atoms with Gasteiger partial charge in [0.25, 0.3) is 0 Å². The monoisotopic (exact) mass is 286 g/mol. The molecular weight excluding hydrogens is 268 g/mol. The van der Waals surface area contributed by atoms with E-state index >= 15 is 0 Å². The molecule has 5 nitrogen and oxygen atoms in total. The van der Waals surface area contributed by atoms with E-state index in [2.05, 4.69) is 5.10 Å². The van der Waals surface area contributed by atoms with Crippen LogP contribution < -0.4 is 0 Å². The highest BCUT2D eigenvalue weighted by molar-refractivity contribution is 5.71. The van der Waals surface area contributed by atoms with Crippen molar-refractivity contribution in [1.82, 2.24) is 9.78 Å². The van der Waals surface area contributed by atoms with E-state index in [0.29, 0.717) is 13.0 Å². The van der Waals surface area contributed by atoms with E-state index in [1.165, 1.54) is 0 Å². The molecule has 1 aromatic heterocycles. The minimum absolute atomic E-state index is 0.403. The molecule has 0 unspecified atom stereocenters. The number of aromatic nitrogens is 2. The second kappa shape index (κ2) is 5.33. The second-order valence-electron chi connectivity index (χ2n) is 5.36. The molecule has 1 N–H and O–H groups in total. The number of hydrogen-bond acceptors (Lipinski definition) is 3. The minimum Gasteiger partial charge on any atom is -0.481 e. The molecule has 21 heavy (non-hydrogen) atoms. The number of carbonyl (C=O) groups is 1. The van der Waals surface area contributed by atoms with Gasteiger partial charge in [0.2, 0.25) is 0 Å². The Balaban J connectivity index is 2.05. The number of aliphatic carboxylic acids is 1. The van der Waals surface area contributed by atoms with Gasteiger partial charge in [-0.2, -0.15) is 5.10 Å². The summed E-state index contributed by atoms with van der Waals surface area (Å²) in [5.41, 5.74) is 3.64. The highest BCUT2D eigenvalue weighted by atomic mass is 16.5. The molecule has 0 amide bonds. The number of para-hydroxylation sites is 1. The van der Waals surface area contributed by atoms with E-state index in [9.17, 15) is 9.90 Å². The number of hydrogen-bond donors (Lipinski definition) is 1. The van der Waals surface area contributed by atoms with Crippen molar-refractivity contribution >= 4 is 5.97 Å². The molecular formula is C16H18N2O3. The van der Waals surface area contributed by atoms with Crippen molar-refractivity contribution in [2.75, 3.05) is 6.61 Å². The highest BCUT2D eigenvalue weighted by Crippen LogP contribution is 2.38. The Bertz CT molecular complexity index is 664. The SMILES string of the molecule is Cc1nn(-c2ccccc2)c(C)c1[C@@H]1OCC[C@H]1C(=O)O. The smallest absolute Gasteiger partial charge is 0.309 e. The summed E-state index contributed by atoms with van der Waals surface area (Å²) < 4.78 is 7.54. The van der Waals surface area contributed by atoms with Crippen LogP contribution in [0.4, 0.5) is 0 Å². The summed E-state index contributed by atoms with van der Waals surface area (Å²) in [6, 6.07) is 9.83. The first-order valence-corrected chi connectivity index (χ1v) is 7.05. The average molecular weight is 286 g/mol. The molecule has 2 aromatic rings. The normalized spacial score (nSPS) is 21.6. The van der Waals surface area contributed by atoms with Gasteiger partial charge in [-0.3, -0.25) is 4.79 Å². The minimum atomic E-state index is -0.802. The first-order chi connectivity index (χ1) is 10.1. The average Bonchev–Trinajstić information content (AvgIpc) is 3.04. The summed E-state index contributed by atoms with van der Waals surface area (Å²) >= 11 is 0. The molecule has 110 valence electrons. The summed E-state index contributed by atoms with van der Waals surface area (Å²) in [5.74, 6) is -1.29. The first-order valence-electron chi connectivity index (χ1n) is 7.05. The number of carboxylic acid groups (broad SMARTS) is 1. The molecule has 1 aliphatic heterocycles. The topological polar surface area (TPSA) is 64.4 Å². The van der Waals surface area contributed by atoms with Crippen LogP contribution in [0.2, 0.25) is 0 Å². The van der Waals surface area contributed by atoms with E-state index < -0.39 is 18.0 Å². The second-order valence-corrected chi connectivity index (χ2v) is 5.36. The number of rotatable bonds is 3. The van der Waals surface area contributed by atoms with Gasteiger partial charge in [-0.05, 0) is 32.4 Å². The van der Waals surface area contributed by atoms with Crippen LogP contribution in [0, 0.1) is 19.8 Å². The fourth-order valence-electron chi connectivity index (χ4n) is 3.01. The molecule has 1 aliphatic rings. The predicted octanol–water partition coefficient (Wildman–Crippen LogP) is 2.65. The Morgan fingerprint density at radius 2 is 2.05 bits per heavy atom. The van der Waals surface area contributed by atoms with Gasteiger partial charge >= 0.3 is 5.97 Å². The maximum absolute atomic E-state index is 11.4. The van der Waals surface area contributed by atoms with Crippen LogP contribution in [0.15, 0.2) is 30.3 Å². The zero-order valence-corrected chi connectivity index (χ0v) is 12.1. The predicted molar refractivity (Wildman–Crippen MR) is 77.5 cm³/mol. The maximum Gasteiger partial charge on any atom is 0.309 e. The summed E-state index contributed by atoms with van der Waals surface area (Å²) in [4.78, 5) is 11.4. The number of benzene rings is 1. The largest absolute Gasteiger partial charge is 0.481 e. The van der Waals surface area contributed by atoms with Crippen LogP contribution in [-0.2, 0) is 9.53 Å². The van der Waals surface area contributed by atoms with Gasteiger partial charge in [-0.1, -0.05) is 18.2 Å². The molecule has 5 heteroatoms. The maximum atomic E-state index is 11.4. The van der Waals surface area contributed by atoms with Crippen molar-refractivity contribution in [1.29, 1.82) is 0 Å². The van der Waals surface area contributed by atoms with E-state index in [1.54, 1.807) is 0 Å². The van der Waals surface area contributed by atoms with Crippen LogP contribution in [0.1, 0.15) is 29.5 Å². The van der Waals surface area contributed by atoms with Gasteiger partial charge < -0.3 is 9.84 Å². The van der Waals surface area contributed by atoms with Crippen molar-refractivity contribution < 1.29 is 14.6 Å². The summed E-state index contributed by atoms with van der Waals surface area (Å²) in [6.07, 6.45) is 0.148. The lowest BCUT2D eigenvalue weighted by atomic mass is 9.94. The molecule has 1 fully saturated rings. The number of carboxylic acids is 1. The Kier molecular flexibility index (Phi) is 3.51. The highest BCUT2D eigenvalue weighted by Gasteiger charge is 2.38. The lowest BCUT2D eigenvalue weighted by molar-refractivity contribution is -0.143. The van der Waals surface area contributed by atoms with Gasteiger partial charge in [0, 0.05) is 17.9 Å². The van der Waals surface area contributed by atoms with Crippen molar-refractivity contribution in [3.05, 3.63) is 47.3 Å². The Morgan fingerprint density at radius 1 is 1.33 bits per heavy atom. The Morgan fingerprint density at radius 3 is 2.71 bits per heavy atom. The zero-order valence-electron chi connectivity index (χ0n) is 12.1. The summed E-state index contributed by atoms with van der Waals surface area (Å²) in [7, 11) is 0. The van der Waals surface area contributed by atoms with Crippen LogP contribution in [-0.4, -0.2) is 27.5 Å². The van der Waals surface area contributed by atoms with Gasteiger partial charge in [0.05, 0.1) is 23.4 Å². The molecule has 0 bridgehead atoms. The lowest BCUT2D eigenvalue weighted by Gasteiger charge is -2.16. The van der Waals surface area contributed by atoms with E-state index in [1.807, 2.05) is 48.9 Å². The third kappa shape index (κ3) is 2.34. The third-order valence-corrected chi connectivity index (χ3v) is 4.04. The molecule has 0 saturated carbocycles. The zero-order chi connectivity index (χ0) is 15.0. The summed E-state index contributed by atoms with van der Waals surface area (Å²) in [5, 5.41) is 13.9. The molecule has 1 aromatic carbocycles. The van der Waals surface area contributed by atoms with Crippen LogP contribution >= 0.6 is 0 Å². The number of ether oxygens (including phenoxy) is 1. The standard InChI is InChI=1S/C16H18N2O3/c1-10-14(15-13(16(19)20)8-9-21-15)11(2)18(17-10)12-6-4-3-5-7-12/h3-7,13,15H,8-9H2,1-2H3,(H,19,20)/t13-,15-/m1/s1. The van der Waals surface area contributed by atoms with E-state index in [4.69, 9.17) is 4.74 Å². The van der Waals surface area contributed by atoms with Gasteiger partial charge in [0.1, 0.15) is 0 Å². The van der Waals surface area contributed by atoms with E-state index in [-0.39, 0.29) is 0 Å². The number of nitrogens with zero attached hydrogens (tertiary/aromatic N) is 2. The molecule has 2 atom stereocenters. The van der Waals surface area contributed by atoms with Crippen LogP contribution in [0.3, 0.4) is 0 Å². The van der Waals surface area contributed by atoms with Crippen LogP contribution in [0.25, 0.3) is 5.69 Å². The molecule has 2 heterocycles. The van der Waals surface area contributed by atoms with Gasteiger partial charge in [-0.25, -0.2) is 4.68 Å². The Labute approximate surface area is 123 Å². The van der Waals surface area contributed by atoms with Crippen molar-refractivity contribution in [2.45, 2.75) is 26.4 Å². The van der Waals surface area contributed by atoms with Crippen molar-refractivity contribution in [3.63, 3.8) is 0 Å². The number of aryl methyl sites for hydroxylation is 1. The fourth-order valence-corrected chi connectivity index (χ4v) is 3.01. The summed E-state index contributed by atoms with van der Waals surface area (Å²) in [6.45, 7) is 4.35. The van der Waals surface area contributed by atoms with E-state index in [0.717, 1.165) is 22.6 Å². The third-order valence-electron chi connectivity index (χ3n) is 4.04. The molecule has 0 aliphatic carbocycles. The lowest BCUT2D eigenvalue weighted by Crippen LogP contribution is -2.18. The van der Waals surface area contributed by atoms with Crippen molar-refractivity contribution in [3.8, 4) is 5.69 Å². The molecule has 3 rings (SSSR count). The fraction of sp³-hybridized carbons (Fsp3) is 0.375. The molecule has 1 saturated heterocycles. The quantitative estimate of drug-likeness (QED) is 0.942. The van der Waals surface area contributed by atoms with Gasteiger partial charge in [-0.15, -0.1) is 0 Å². The Hall–Kier alpha value is -2.14.